The second-order valence-electron chi connectivity index (χ2n) is 7.51. The number of nitrogens with zero attached hydrogens (tertiary/aromatic N) is 3. The number of aromatic nitrogens is 1. The largest absolute Gasteiger partial charge is 0.384 e. The van der Waals surface area contributed by atoms with Gasteiger partial charge in [-0.2, -0.15) is 5.26 Å². The molecule has 1 aliphatic heterocycles. The number of hydrogen-bond acceptors (Lipinski definition) is 6. The second-order valence-corrected chi connectivity index (χ2v) is 7.51. The second kappa shape index (κ2) is 8.96. The van der Waals surface area contributed by atoms with Crippen molar-refractivity contribution >= 4 is 11.7 Å². The molecule has 0 radical (unpaired) electrons. The summed E-state index contributed by atoms with van der Waals surface area (Å²) in [5, 5.41) is 23.7. The molecular formula is C24H23N5O2. The number of β-lactam (4-membered cyclic amide) rings is 1. The first-order valence-corrected chi connectivity index (χ1v) is 10.0. The van der Waals surface area contributed by atoms with Gasteiger partial charge in [0.15, 0.2) is 6.35 Å². The highest BCUT2D eigenvalue weighted by Crippen LogP contribution is 2.32. The van der Waals surface area contributed by atoms with Crippen molar-refractivity contribution in [1.29, 1.82) is 5.26 Å². The van der Waals surface area contributed by atoms with Crippen molar-refractivity contribution in [2.75, 3.05) is 5.73 Å². The van der Waals surface area contributed by atoms with Crippen LogP contribution >= 0.6 is 0 Å². The summed E-state index contributed by atoms with van der Waals surface area (Å²) in [6.07, 6.45) is 0.642. The molecule has 0 saturated carbocycles. The Kier molecular flexibility index (Phi) is 5.94. The highest BCUT2D eigenvalue weighted by Gasteiger charge is 2.50. The third-order valence-corrected chi connectivity index (χ3v) is 5.53. The third-order valence-electron chi connectivity index (χ3n) is 5.53. The van der Waals surface area contributed by atoms with Gasteiger partial charge in [0, 0.05) is 6.20 Å². The molecule has 3 aromatic rings. The predicted octanol–water partition coefficient (Wildman–Crippen LogP) is 2.21. The number of nitrogen functional groups attached to an aromatic ring is 1. The minimum atomic E-state index is -1.30. The van der Waals surface area contributed by atoms with Gasteiger partial charge in [0.05, 0.1) is 18.0 Å². The van der Waals surface area contributed by atoms with Crippen LogP contribution in [0.2, 0.25) is 0 Å². The highest BCUT2D eigenvalue weighted by atomic mass is 16.3. The smallest absolute Gasteiger partial charge is 0.233 e. The van der Waals surface area contributed by atoms with Crippen LogP contribution in [0.1, 0.15) is 22.7 Å². The number of likely N-dealkylation sites (tertiary alicyclic amines) is 1. The van der Waals surface area contributed by atoms with Crippen molar-refractivity contribution in [2.45, 2.75) is 24.9 Å². The van der Waals surface area contributed by atoms with Crippen molar-refractivity contribution in [1.82, 2.24) is 15.2 Å². The third kappa shape index (κ3) is 4.26. The van der Waals surface area contributed by atoms with E-state index >= 15 is 0 Å². The summed E-state index contributed by atoms with van der Waals surface area (Å²) in [4.78, 5) is 18.0. The van der Waals surface area contributed by atoms with Crippen molar-refractivity contribution in [3.63, 3.8) is 0 Å². The van der Waals surface area contributed by atoms with Gasteiger partial charge in [0.25, 0.3) is 0 Å². The van der Waals surface area contributed by atoms with Gasteiger partial charge in [0.2, 0.25) is 5.91 Å². The summed E-state index contributed by atoms with van der Waals surface area (Å²) in [6.45, 7) is 0. The first-order chi connectivity index (χ1) is 15.1. The molecule has 1 fully saturated rings. The van der Waals surface area contributed by atoms with Crippen LogP contribution in [0.25, 0.3) is 0 Å². The minimum Gasteiger partial charge on any atom is -0.384 e. The van der Waals surface area contributed by atoms with Gasteiger partial charge in [-0.1, -0.05) is 60.7 Å². The number of benzene rings is 2. The number of nitrogens with one attached hydrogen (secondary N) is 1. The number of nitriles is 1. The van der Waals surface area contributed by atoms with Crippen LogP contribution in [0, 0.1) is 17.2 Å². The Morgan fingerprint density at radius 3 is 2.26 bits per heavy atom. The van der Waals surface area contributed by atoms with E-state index in [4.69, 9.17) is 5.73 Å². The van der Waals surface area contributed by atoms with Gasteiger partial charge in [-0.3, -0.25) is 15.0 Å². The summed E-state index contributed by atoms with van der Waals surface area (Å²) in [5.41, 5.74) is 8.43. The molecule has 0 bridgehead atoms. The Labute approximate surface area is 180 Å². The molecule has 3 atom stereocenters. The zero-order valence-electron chi connectivity index (χ0n) is 16.8. The van der Waals surface area contributed by atoms with E-state index in [0.29, 0.717) is 12.2 Å². The van der Waals surface area contributed by atoms with Crippen LogP contribution in [-0.2, 0) is 11.2 Å². The van der Waals surface area contributed by atoms with Crippen LogP contribution in [0.15, 0.2) is 79.0 Å². The lowest BCUT2D eigenvalue weighted by Crippen LogP contribution is -2.67. The molecule has 7 heteroatoms. The lowest BCUT2D eigenvalue weighted by Gasteiger charge is -2.46. The zero-order valence-corrected chi connectivity index (χ0v) is 16.8. The van der Waals surface area contributed by atoms with E-state index in [-0.39, 0.29) is 11.9 Å². The lowest BCUT2D eigenvalue weighted by atomic mass is 9.83. The fraction of sp³-hybridized carbons (Fsp3) is 0.208. The van der Waals surface area contributed by atoms with E-state index in [2.05, 4.69) is 16.4 Å². The number of aliphatic hydroxyl groups excluding tert-OH is 1. The molecule has 156 valence electrons. The topological polar surface area (TPSA) is 115 Å². The molecule has 4 N–H and O–H groups in total. The average molecular weight is 413 g/mol. The van der Waals surface area contributed by atoms with E-state index in [1.165, 1.54) is 4.90 Å². The van der Waals surface area contributed by atoms with Crippen LogP contribution in [0.3, 0.4) is 0 Å². The van der Waals surface area contributed by atoms with Gasteiger partial charge >= 0.3 is 0 Å². The monoisotopic (exact) mass is 413 g/mol. The molecule has 1 aliphatic rings. The molecular weight excluding hydrogens is 390 g/mol. The molecule has 7 nitrogen and oxygen atoms in total. The number of nitrogens with two attached hydrogens (primary N) is 1. The summed E-state index contributed by atoms with van der Waals surface area (Å²) < 4.78 is 0. The van der Waals surface area contributed by atoms with Crippen molar-refractivity contribution in [2.24, 2.45) is 5.92 Å². The van der Waals surface area contributed by atoms with Crippen molar-refractivity contribution < 1.29 is 9.90 Å². The van der Waals surface area contributed by atoms with Gasteiger partial charge in [-0.05, 0) is 35.2 Å². The van der Waals surface area contributed by atoms with Crippen molar-refractivity contribution in [3.05, 3.63) is 95.7 Å². The summed E-state index contributed by atoms with van der Waals surface area (Å²) in [6, 6.07) is 23.9. The van der Waals surface area contributed by atoms with Crippen LogP contribution < -0.4 is 11.1 Å². The van der Waals surface area contributed by atoms with Crippen molar-refractivity contribution in [3.8, 4) is 6.07 Å². The standard InChI is InChI=1S/C24H23N5O2/c25-15-20-19(13-16-11-12-27-21(26)14-16)23(30)29(20)24(31)28-22(17-7-3-1-4-8-17)18-9-5-2-6-10-18/h1-12,14,19-20,22,24,28,31H,13H2,(H2,26,27)/t19-,20-,24?/m1/s1. The fourth-order valence-corrected chi connectivity index (χ4v) is 3.98. The maximum absolute atomic E-state index is 12.8. The van der Waals surface area contributed by atoms with Gasteiger partial charge in [-0.25, -0.2) is 4.98 Å². The maximum Gasteiger partial charge on any atom is 0.233 e. The number of pyridine rings is 1. The van der Waals surface area contributed by atoms with E-state index < -0.39 is 18.3 Å². The summed E-state index contributed by atoms with van der Waals surface area (Å²) >= 11 is 0. The van der Waals surface area contributed by atoms with Gasteiger partial charge in [0.1, 0.15) is 11.9 Å². The molecule has 1 saturated heterocycles. The highest BCUT2D eigenvalue weighted by molar-refractivity contribution is 5.87. The van der Waals surface area contributed by atoms with E-state index in [9.17, 15) is 15.2 Å². The van der Waals surface area contributed by atoms with E-state index in [1.54, 1.807) is 18.3 Å². The normalized spacial score (nSPS) is 19.0. The molecule has 2 aromatic carbocycles. The number of aliphatic hydroxyl groups is 1. The summed E-state index contributed by atoms with van der Waals surface area (Å²) in [5.74, 6) is -0.443. The Morgan fingerprint density at radius 2 is 1.71 bits per heavy atom. The molecule has 0 aliphatic carbocycles. The van der Waals surface area contributed by atoms with Gasteiger partial charge in [-0.15, -0.1) is 0 Å². The lowest BCUT2D eigenvalue weighted by molar-refractivity contribution is -0.174. The van der Waals surface area contributed by atoms with Crippen LogP contribution in [-0.4, -0.2) is 33.3 Å². The Balaban J connectivity index is 1.52. The Hall–Kier alpha value is -3.73. The molecule has 1 amide bonds. The number of anilines is 1. The van der Waals surface area contributed by atoms with E-state index in [1.807, 2.05) is 60.7 Å². The fourth-order valence-electron chi connectivity index (χ4n) is 3.98. The molecule has 1 unspecified atom stereocenters. The Morgan fingerprint density at radius 1 is 1.10 bits per heavy atom. The molecule has 31 heavy (non-hydrogen) atoms. The van der Waals surface area contributed by atoms with Gasteiger partial charge < -0.3 is 10.8 Å². The Bertz CT molecular complexity index is 1040. The first kappa shape index (κ1) is 20.5. The number of carbonyl (C=O) groups excluding carboxylic acids is 1. The number of carbonyl (C=O) groups is 1. The molecule has 0 spiro atoms. The summed E-state index contributed by atoms with van der Waals surface area (Å²) in [7, 11) is 0. The van der Waals surface area contributed by atoms with Crippen LogP contribution in [0.5, 0.6) is 0 Å². The zero-order chi connectivity index (χ0) is 21.8. The maximum atomic E-state index is 12.8. The molecule has 4 rings (SSSR count). The number of hydrogen-bond donors (Lipinski definition) is 3. The van der Waals surface area contributed by atoms with Crippen LogP contribution in [0.4, 0.5) is 5.82 Å². The average Bonchev–Trinajstić information content (AvgIpc) is 2.80. The number of amides is 1. The number of rotatable bonds is 7. The molecule has 1 aromatic heterocycles. The molecule has 2 heterocycles. The minimum absolute atomic E-state index is 0.276. The van der Waals surface area contributed by atoms with E-state index in [0.717, 1.165) is 16.7 Å². The predicted molar refractivity (Wildman–Crippen MR) is 116 cm³/mol. The quantitative estimate of drug-likeness (QED) is 0.404. The first-order valence-electron chi connectivity index (χ1n) is 10.0. The SMILES string of the molecule is N#C[C@@H]1[C@@H](Cc2ccnc(N)c2)C(=O)N1C(O)NC(c1ccccc1)c1ccccc1.